The van der Waals surface area contributed by atoms with Crippen LogP contribution in [0.3, 0.4) is 0 Å². The van der Waals surface area contributed by atoms with Crippen molar-refractivity contribution < 1.29 is 22.7 Å². The summed E-state index contributed by atoms with van der Waals surface area (Å²) in [4.78, 5) is 15.5. The number of ether oxygens (including phenoxy) is 1. The zero-order valence-corrected chi connectivity index (χ0v) is 10.6. The molecule has 0 N–H and O–H groups in total. The van der Waals surface area contributed by atoms with E-state index in [1.807, 2.05) is 0 Å². The lowest BCUT2D eigenvalue weighted by Gasteiger charge is -2.06. The van der Waals surface area contributed by atoms with Crippen LogP contribution in [0.5, 0.6) is 0 Å². The third-order valence-corrected chi connectivity index (χ3v) is 2.58. The zero-order valence-electron chi connectivity index (χ0n) is 10.6. The average Bonchev–Trinajstić information content (AvgIpc) is 2.88. The molecule has 0 bridgehead atoms. The molecule has 2 aromatic heterocycles. The molecule has 0 aliphatic carbocycles. The van der Waals surface area contributed by atoms with E-state index in [0.29, 0.717) is 5.56 Å². The highest BCUT2D eigenvalue weighted by Crippen LogP contribution is 2.27. The zero-order chi connectivity index (χ0) is 14.9. The standard InChI is InChI=1S/C12H10F3N3O2/c1-7-3-4-9(16-10(7)11(19)20-2)18-6-5-8(17-18)12(13,14)15/h3-6H,1-2H3. The SMILES string of the molecule is COC(=O)c1nc(-n2ccc(C(F)(F)F)n2)ccc1C. The van der Waals surface area contributed by atoms with E-state index < -0.39 is 17.8 Å². The van der Waals surface area contributed by atoms with Crippen molar-refractivity contribution in [1.82, 2.24) is 14.8 Å². The Morgan fingerprint density at radius 1 is 1.30 bits per heavy atom. The first-order valence-corrected chi connectivity index (χ1v) is 5.52. The van der Waals surface area contributed by atoms with Gasteiger partial charge in [0.25, 0.3) is 0 Å². The van der Waals surface area contributed by atoms with E-state index >= 15 is 0 Å². The smallest absolute Gasteiger partial charge is 0.435 e. The highest BCUT2D eigenvalue weighted by atomic mass is 19.4. The molecular weight excluding hydrogens is 275 g/mol. The minimum Gasteiger partial charge on any atom is -0.464 e. The van der Waals surface area contributed by atoms with Crippen LogP contribution in [-0.2, 0) is 10.9 Å². The number of aromatic nitrogens is 3. The summed E-state index contributed by atoms with van der Waals surface area (Å²) in [5, 5.41) is 3.38. The van der Waals surface area contributed by atoms with E-state index in [4.69, 9.17) is 0 Å². The molecule has 0 spiro atoms. The number of nitrogens with zero attached hydrogens (tertiary/aromatic N) is 3. The Hall–Kier alpha value is -2.38. The van der Waals surface area contributed by atoms with Gasteiger partial charge >= 0.3 is 12.1 Å². The largest absolute Gasteiger partial charge is 0.464 e. The number of aryl methyl sites for hydroxylation is 1. The van der Waals surface area contributed by atoms with Crippen LogP contribution < -0.4 is 0 Å². The normalized spacial score (nSPS) is 11.4. The van der Waals surface area contributed by atoms with Crippen molar-refractivity contribution in [2.75, 3.05) is 7.11 Å². The number of hydrogen-bond donors (Lipinski definition) is 0. The summed E-state index contributed by atoms with van der Waals surface area (Å²) < 4.78 is 42.9. The van der Waals surface area contributed by atoms with Crippen LogP contribution in [0.15, 0.2) is 24.4 Å². The number of halogens is 3. The van der Waals surface area contributed by atoms with Gasteiger partial charge in [0.15, 0.2) is 17.2 Å². The van der Waals surface area contributed by atoms with Crippen LogP contribution in [-0.4, -0.2) is 27.8 Å². The highest BCUT2D eigenvalue weighted by Gasteiger charge is 2.33. The van der Waals surface area contributed by atoms with Gasteiger partial charge < -0.3 is 4.74 Å². The molecule has 0 aromatic carbocycles. The average molecular weight is 285 g/mol. The summed E-state index contributed by atoms with van der Waals surface area (Å²) in [6.45, 7) is 1.65. The fourth-order valence-electron chi connectivity index (χ4n) is 1.55. The van der Waals surface area contributed by atoms with Crippen LogP contribution in [0.2, 0.25) is 0 Å². The van der Waals surface area contributed by atoms with E-state index in [1.54, 1.807) is 13.0 Å². The second kappa shape index (κ2) is 4.95. The van der Waals surface area contributed by atoms with Gasteiger partial charge in [-0.3, -0.25) is 0 Å². The molecule has 0 aliphatic heterocycles. The molecule has 8 heteroatoms. The molecule has 2 heterocycles. The van der Waals surface area contributed by atoms with Crippen LogP contribution >= 0.6 is 0 Å². The predicted octanol–water partition coefficient (Wildman–Crippen LogP) is 2.38. The number of rotatable bonds is 2. The Morgan fingerprint density at radius 2 is 2.00 bits per heavy atom. The van der Waals surface area contributed by atoms with Crippen molar-refractivity contribution in [3.63, 3.8) is 0 Å². The molecule has 106 valence electrons. The van der Waals surface area contributed by atoms with Crippen molar-refractivity contribution in [1.29, 1.82) is 0 Å². The first kappa shape index (κ1) is 14.0. The number of carbonyl (C=O) groups is 1. The topological polar surface area (TPSA) is 57.0 Å². The number of alkyl halides is 3. The Bertz CT molecular complexity index is 650. The molecule has 0 saturated heterocycles. The summed E-state index contributed by atoms with van der Waals surface area (Å²) >= 11 is 0. The van der Waals surface area contributed by atoms with Crippen LogP contribution in [0.1, 0.15) is 21.7 Å². The number of pyridine rings is 1. The molecule has 5 nitrogen and oxygen atoms in total. The minimum atomic E-state index is -4.53. The maximum absolute atomic E-state index is 12.5. The first-order chi connectivity index (χ1) is 9.32. The predicted molar refractivity (Wildman–Crippen MR) is 62.4 cm³/mol. The van der Waals surface area contributed by atoms with Gasteiger partial charge in [-0.15, -0.1) is 0 Å². The molecule has 0 saturated carbocycles. The second-order valence-corrected chi connectivity index (χ2v) is 3.97. The second-order valence-electron chi connectivity index (χ2n) is 3.97. The third-order valence-electron chi connectivity index (χ3n) is 2.58. The molecule has 0 unspecified atom stereocenters. The highest BCUT2D eigenvalue weighted by molar-refractivity contribution is 5.88. The molecule has 2 aromatic rings. The Balaban J connectivity index is 2.43. The van der Waals surface area contributed by atoms with Crippen molar-refractivity contribution >= 4 is 5.97 Å². The van der Waals surface area contributed by atoms with Gasteiger partial charge in [-0.05, 0) is 24.6 Å². The lowest BCUT2D eigenvalue weighted by molar-refractivity contribution is -0.141. The van der Waals surface area contributed by atoms with Crippen LogP contribution in [0.25, 0.3) is 5.82 Å². The van der Waals surface area contributed by atoms with E-state index in [1.165, 1.54) is 13.2 Å². The molecule has 0 atom stereocenters. The Labute approximate surface area is 112 Å². The molecule has 0 aliphatic rings. The maximum atomic E-state index is 12.5. The van der Waals surface area contributed by atoms with E-state index in [2.05, 4.69) is 14.8 Å². The number of methoxy groups -OCH3 is 1. The first-order valence-electron chi connectivity index (χ1n) is 5.52. The van der Waals surface area contributed by atoms with Crippen molar-refractivity contribution in [3.05, 3.63) is 41.3 Å². The van der Waals surface area contributed by atoms with Gasteiger partial charge in [-0.1, -0.05) is 6.07 Å². The summed E-state index contributed by atoms with van der Waals surface area (Å²) in [5.41, 5.74) is -0.433. The summed E-state index contributed by atoms with van der Waals surface area (Å²) in [6.07, 6.45) is -3.40. The van der Waals surface area contributed by atoms with Gasteiger partial charge in [0.1, 0.15) is 0 Å². The van der Waals surface area contributed by atoms with E-state index in [0.717, 1.165) is 16.9 Å². The van der Waals surface area contributed by atoms with Gasteiger partial charge in [-0.25, -0.2) is 14.5 Å². The van der Waals surface area contributed by atoms with Crippen molar-refractivity contribution in [2.45, 2.75) is 13.1 Å². The fraction of sp³-hybridized carbons (Fsp3) is 0.250. The molecule has 20 heavy (non-hydrogen) atoms. The minimum absolute atomic E-state index is 0.0362. The summed E-state index contributed by atoms with van der Waals surface area (Å²) in [7, 11) is 1.20. The molecule has 0 fully saturated rings. The monoisotopic (exact) mass is 285 g/mol. The Kier molecular flexibility index (Phi) is 3.47. The van der Waals surface area contributed by atoms with E-state index in [-0.39, 0.29) is 11.5 Å². The maximum Gasteiger partial charge on any atom is 0.435 e. The Morgan fingerprint density at radius 3 is 2.55 bits per heavy atom. The fourth-order valence-corrected chi connectivity index (χ4v) is 1.55. The molecule has 0 radical (unpaired) electrons. The lowest BCUT2D eigenvalue weighted by Crippen LogP contribution is -2.11. The molecular formula is C12H10F3N3O2. The number of carbonyl (C=O) groups excluding carboxylic acids is 1. The van der Waals surface area contributed by atoms with Gasteiger partial charge in [0.05, 0.1) is 7.11 Å². The van der Waals surface area contributed by atoms with Gasteiger partial charge in [-0.2, -0.15) is 18.3 Å². The number of hydrogen-bond acceptors (Lipinski definition) is 4. The van der Waals surface area contributed by atoms with Crippen LogP contribution in [0.4, 0.5) is 13.2 Å². The van der Waals surface area contributed by atoms with Crippen molar-refractivity contribution in [2.24, 2.45) is 0 Å². The summed E-state index contributed by atoms with van der Waals surface area (Å²) in [6, 6.07) is 3.86. The molecule has 0 amide bonds. The van der Waals surface area contributed by atoms with Gasteiger partial charge in [0, 0.05) is 6.20 Å². The summed E-state index contributed by atoms with van der Waals surface area (Å²) in [5.74, 6) is -0.556. The third kappa shape index (κ3) is 2.63. The molecule has 2 rings (SSSR count). The lowest BCUT2D eigenvalue weighted by atomic mass is 10.2. The van der Waals surface area contributed by atoms with E-state index in [9.17, 15) is 18.0 Å². The quantitative estimate of drug-likeness (QED) is 0.795. The van der Waals surface area contributed by atoms with Gasteiger partial charge in [0.2, 0.25) is 0 Å². The van der Waals surface area contributed by atoms with Crippen molar-refractivity contribution in [3.8, 4) is 5.82 Å². The van der Waals surface area contributed by atoms with Crippen LogP contribution in [0, 0.1) is 6.92 Å². The number of esters is 1.